The zero-order valence-corrected chi connectivity index (χ0v) is 16.6. The van der Waals surface area contributed by atoms with Gasteiger partial charge in [0, 0.05) is 33.7 Å². The molecule has 8 heteroatoms. The van der Waals surface area contributed by atoms with E-state index in [0.717, 1.165) is 11.1 Å². The summed E-state index contributed by atoms with van der Waals surface area (Å²) in [6.45, 7) is 3.06. The maximum absolute atomic E-state index is 13.0. The molecule has 0 fully saturated rings. The molecule has 6 nitrogen and oxygen atoms in total. The second-order valence-corrected chi connectivity index (χ2v) is 7.93. The van der Waals surface area contributed by atoms with Gasteiger partial charge in [-0.15, -0.1) is 0 Å². The Bertz CT molecular complexity index is 866. The lowest BCUT2D eigenvalue weighted by atomic mass is 10.2. The summed E-state index contributed by atoms with van der Waals surface area (Å²) in [6, 6.07) is 13.0. The van der Waals surface area contributed by atoms with Gasteiger partial charge in [-0.25, -0.2) is 17.5 Å². The number of aliphatic imine (C=N–C) groups is 1. The molecule has 0 bridgehead atoms. The second-order valence-electron chi connectivity index (χ2n) is 6.17. The Kier molecular flexibility index (Phi) is 7.32. The van der Waals surface area contributed by atoms with E-state index in [9.17, 15) is 12.8 Å². The van der Waals surface area contributed by atoms with Crippen LogP contribution < -0.4 is 10.0 Å². The molecule has 0 saturated heterocycles. The smallest absolute Gasteiger partial charge is 0.240 e. The highest BCUT2D eigenvalue weighted by molar-refractivity contribution is 7.89. The molecule has 0 atom stereocenters. The number of aryl methyl sites for hydroxylation is 1. The minimum Gasteiger partial charge on any atom is -0.355 e. The predicted octanol–water partition coefficient (Wildman–Crippen LogP) is 2.12. The van der Waals surface area contributed by atoms with Crippen LogP contribution in [0.5, 0.6) is 0 Å². The summed E-state index contributed by atoms with van der Waals surface area (Å²) >= 11 is 0. The number of benzene rings is 2. The number of hydrogen-bond acceptors (Lipinski definition) is 3. The van der Waals surface area contributed by atoms with Crippen LogP contribution in [0.3, 0.4) is 0 Å². The number of rotatable bonds is 7. The van der Waals surface area contributed by atoms with Crippen LogP contribution in [0.4, 0.5) is 4.39 Å². The quantitative estimate of drug-likeness (QED) is 0.430. The molecule has 0 saturated carbocycles. The summed E-state index contributed by atoms with van der Waals surface area (Å²) in [5, 5.41) is 3.11. The van der Waals surface area contributed by atoms with E-state index in [4.69, 9.17) is 0 Å². The maximum atomic E-state index is 13.0. The monoisotopic (exact) mass is 392 g/mol. The van der Waals surface area contributed by atoms with Crippen LogP contribution in [0.15, 0.2) is 58.4 Å². The van der Waals surface area contributed by atoms with Crippen molar-refractivity contribution in [2.75, 3.05) is 27.2 Å². The first-order valence-corrected chi connectivity index (χ1v) is 10.0. The molecule has 27 heavy (non-hydrogen) atoms. The highest BCUT2D eigenvalue weighted by Gasteiger charge is 2.13. The summed E-state index contributed by atoms with van der Waals surface area (Å²) < 4.78 is 40.1. The zero-order valence-electron chi connectivity index (χ0n) is 15.7. The van der Waals surface area contributed by atoms with E-state index in [1.165, 1.54) is 12.1 Å². The first-order chi connectivity index (χ1) is 12.8. The van der Waals surface area contributed by atoms with Crippen molar-refractivity contribution in [3.63, 3.8) is 0 Å². The summed E-state index contributed by atoms with van der Waals surface area (Å²) in [4.78, 5) is 6.30. The summed E-state index contributed by atoms with van der Waals surface area (Å²) in [6.07, 6.45) is 0. The predicted molar refractivity (Wildman–Crippen MR) is 106 cm³/mol. The summed E-state index contributed by atoms with van der Waals surface area (Å²) in [7, 11) is -0.0245. The van der Waals surface area contributed by atoms with Gasteiger partial charge < -0.3 is 10.2 Å². The Labute approximate surface area is 160 Å². The lowest BCUT2D eigenvalue weighted by molar-refractivity contribution is 0.476. The molecule has 2 N–H and O–H groups in total. The molecule has 146 valence electrons. The van der Waals surface area contributed by atoms with Crippen LogP contribution in [0.2, 0.25) is 0 Å². The lowest BCUT2D eigenvalue weighted by Crippen LogP contribution is -2.42. The van der Waals surface area contributed by atoms with Crippen molar-refractivity contribution >= 4 is 16.0 Å². The van der Waals surface area contributed by atoms with E-state index in [2.05, 4.69) is 15.0 Å². The molecule has 0 spiro atoms. The van der Waals surface area contributed by atoms with Gasteiger partial charge in [0.15, 0.2) is 5.96 Å². The molecule has 0 aliphatic rings. The van der Waals surface area contributed by atoms with Gasteiger partial charge in [-0.2, -0.15) is 0 Å². The standard InChI is InChI=1S/C19H25FN4O2S/c1-15-4-10-18(11-5-15)27(25,26)23-13-12-22-19(21-2)24(3)14-16-6-8-17(20)9-7-16/h4-11,23H,12-14H2,1-3H3,(H,21,22). The van der Waals surface area contributed by atoms with Crippen LogP contribution in [-0.4, -0.2) is 46.5 Å². The average Bonchev–Trinajstić information content (AvgIpc) is 2.64. The van der Waals surface area contributed by atoms with Crippen molar-refractivity contribution in [2.45, 2.75) is 18.4 Å². The van der Waals surface area contributed by atoms with Crippen molar-refractivity contribution in [3.05, 3.63) is 65.5 Å². The van der Waals surface area contributed by atoms with E-state index in [0.29, 0.717) is 19.0 Å². The molecule has 0 aliphatic carbocycles. The van der Waals surface area contributed by atoms with Crippen molar-refractivity contribution in [3.8, 4) is 0 Å². The Morgan fingerprint density at radius 3 is 2.30 bits per heavy atom. The number of halogens is 1. The molecule has 0 amide bonds. The number of sulfonamides is 1. The van der Waals surface area contributed by atoms with Gasteiger partial charge in [0.05, 0.1) is 4.90 Å². The number of hydrogen-bond donors (Lipinski definition) is 2. The number of nitrogens with zero attached hydrogens (tertiary/aromatic N) is 2. The summed E-state index contributed by atoms with van der Waals surface area (Å²) in [5.74, 6) is 0.346. The average molecular weight is 393 g/mol. The molecule has 2 aromatic rings. The number of guanidine groups is 1. The molecule has 0 aliphatic heterocycles. The Morgan fingerprint density at radius 1 is 1.07 bits per heavy atom. The first kappa shape index (κ1) is 20.9. The van der Waals surface area contributed by atoms with Crippen molar-refractivity contribution < 1.29 is 12.8 Å². The third-order valence-electron chi connectivity index (χ3n) is 3.94. The molecule has 2 aromatic carbocycles. The van der Waals surface area contributed by atoms with Gasteiger partial charge in [-0.05, 0) is 36.8 Å². The molecular weight excluding hydrogens is 367 g/mol. The first-order valence-electron chi connectivity index (χ1n) is 8.54. The van der Waals surface area contributed by atoms with Crippen LogP contribution in [0.1, 0.15) is 11.1 Å². The van der Waals surface area contributed by atoms with Crippen LogP contribution in [0.25, 0.3) is 0 Å². The van der Waals surface area contributed by atoms with E-state index in [1.807, 2.05) is 18.9 Å². The van der Waals surface area contributed by atoms with Gasteiger partial charge in [-0.1, -0.05) is 29.8 Å². The van der Waals surface area contributed by atoms with Gasteiger partial charge >= 0.3 is 0 Å². The largest absolute Gasteiger partial charge is 0.355 e. The van der Waals surface area contributed by atoms with Crippen LogP contribution >= 0.6 is 0 Å². The highest BCUT2D eigenvalue weighted by atomic mass is 32.2. The maximum Gasteiger partial charge on any atom is 0.240 e. The molecule has 2 rings (SSSR count). The van der Waals surface area contributed by atoms with Crippen LogP contribution in [-0.2, 0) is 16.6 Å². The van der Waals surface area contributed by atoms with E-state index < -0.39 is 10.0 Å². The van der Waals surface area contributed by atoms with E-state index in [1.54, 1.807) is 43.4 Å². The lowest BCUT2D eigenvalue weighted by Gasteiger charge is -2.22. The molecule has 0 radical (unpaired) electrons. The minimum absolute atomic E-state index is 0.222. The Hall–Kier alpha value is -2.45. The second kappa shape index (κ2) is 9.48. The summed E-state index contributed by atoms with van der Waals surface area (Å²) in [5.41, 5.74) is 1.95. The SMILES string of the molecule is CN=C(NCCNS(=O)(=O)c1ccc(C)cc1)N(C)Cc1ccc(F)cc1. The molecule has 0 aromatic heterocycles. The van der Waals surface area contributed by atoms with Gasteiger partial charge in [0.25, 0.3) is 0 Å². The Morgan fingerprint density at radius 2 is 1.70 bits per heavy atom. The highest BCUT2D eigenvalue weighted by Crippen LogP contribution is 2.09. The van der Waals surface area contributed by atoms with Crippen molar-refractivity contribution in [1.82, 2.24) is 14.9 Å². The molecule has 0 unspecified atom stereocenters. The minimum atomic E-state index is -3.53. The molecule has 0 heterocycles. The normalized spacial score (nSPS) is 12.1. The van der Waals surface area contributed by atoms with Crippen LogP contribution in [0, 0.1) is 12.7 Å². The van der Waals surface area contributed by atoms with E-state index in [-0.39, 0.29) is 17.3 Å². The fourth-order valence-corrected chi connectivity index (χ4v) is 3.52. The Balaban J connectivity index is 1.83. The fraction of sp³-hybridized carbons (Fsp3) is 0.316. The fourth-order valence-electron chi connectivity index (χ4n) is 2.48. The van der Waals surface area contributed by atoms with Crippen molar-refractivity contribution in [2.24, 2.45) is 4.99 Å². The zero-order chi connectivity index (χ0) is 19.9. The van der Waals surface area contributed by atoms with Gasteiger partial charge in [-0.3, -0.25) is 4.99 Å². The topological polar surface area (TPSA) is 73.8 Å². The van der Waals surface area contributed by atoms with E-state index >= 15 is 0 Å². The third-order valence-corrected chi connectivity index (χ3v) is 5.41. The molecular formula is C19H25FN4O2S. The van der Waals surface area contributed by atoms with Gasteiger partial charge in [0.2, 0.25) is 10.0 Å². The van der Waals surface area contributed by atoms with Crippen molar-refractivity contribution in [1.29, 1.82) is 0 Å². The third kappa shape index (κ3) is 6.33. The van der Waals surface area contributed by atoms with Gasteiger partial charge in [0.1, 0.15) is 5.82 Å². The number of nitrogens with one attached hydrogen (secondary N) is 2.